The Morgan fingerprint density at radius 3 is 2.25 bits per heavy atom. The van der Waals surface area contributed by atoms with E-state index in [-0.39, 0.29) is 0 Å². The predicted octanol–water partition coefficient (Wildman–Crippen LogP) is 6.75. The highest BCUT2D eigenvalue weighted by Gasteiger charge is 2.51. The number of primary amides is 1. The minimum Gasteiger partial charge on any atom is -0.365 e. The summed E-state index contributed by atoms with van der Waals surface area (Å²) in [7, 11) is 2.21. The molecule has 3 amide bonds. The fourth-order valence-corrected chi connectivity index (χ4v) is 9.11. The van der Waals surface area contributed by atoms with Gasteiger partial charge in [-0.1, -0.05) is 24.9 Å². The van der Waals surface area contributed by atoms with Crippen molar-refractivity contribution in [3.63, 3.8) is 0 Å². The molecular formula is C28H37ClN4O2S. The molecule has 0 spiro atoms. The summed E-state index contributed by atoms with van der Waals surface area (Å²) in [4.78, 5) is 28.8. The van der Waals surface area contributed by atoms with Crippen LogP contribution in [0.2, 0.25) is 5.02 Å². The first kappa shape index (κ1) is 25.6. The number of carbonyl (C=O) groups excluding carboxylic acids is 2. The van der Waals surface area contributed by atoms with E-state index in [9.17, 15) is 9.59 Å². The molecule has 0 aliphatic heterocycles. The lowest BCUT2D eigenvalue weighted by Gasteiger charge is -2.57. The number of nitrogens with one attached hydrogen (secondary N) is 2. The molecule has 4 saturated carbocycles. The molecule has 0 saturated heterocycles. The van der Waals surface area contributed by atoms with E-state index in [0.717, 1.165) is 54.1 Å². The molecule has 8 heteroatoms. The number of rotatable bonds is 9. The molecule has 194 valence electrons. The summed E-state index contributed by atoms with van der Waals surface area (Å²) < 4.78 is 0. The normalized spacial score (nSPS) is 26.4. The zero-order valence-corrected chi connectivity index (χ0v) is 22.8. The number of carbonyl (C=O) groups is 2. The van der Waals surface area contributed by atoms with Gasteiger partial charge in [0.25, 0.3) is 5.91 Å². The first-order valence-corrected chi connectivity index (χ1v) is 14.4. The average Bonchev–Trinajstić information content (AvgIpc) is 3.10. The van der Waals surface area contributed by atoms with E-state index in [1.165, 1.54) is 49.9 Å². The molecule has 6 rings (SSSR count). The number of thiophene rings is 1. The van der Waals surface area contributed by atoms with E-state index < -0.39 is 11.9 Å². The summed E-state index contributed by atoms with van der Waals surface area (Å²) in [6, 6.07) is 6.50. The molecule has 4 fully saturated rings. The second-order valence-corrected chi connectivity index (χ2v) is 13.0. The highest BCUT2D eigenvalue weighted by molar-refractivity contribution is 7.17. The number of benzene rings is 1. The Labute approximate surface area is 223 Å². The van der Waals surface area contributed by atoms with E-state index >= 15 is 0 Å². The maximum Gasteiger partial charge on any atom is 0.324 e. The molecule has 36 heavy (non-hydrogen) atoms. The zero-order valence-electron chi connectivity index (χ0n) is 21.2. The van der Waals surface area contributed by atoms with E-state index in [2.05, 4.69) is 29.5 Å². The Bertz CT molecular complexity index is 1090. The van der Waals surface area contributed by atoms with Crippen molar-refractivity contribution in [2.45, 2.75) is 64.8 Å². The van der Waals surface area contributed by atoms with Gasteiger partial charge in [0.1, 0.15) is 5.00 Å². The van der Waals surface area contributed by atoms with Gasteiger partial charge in [0, 0.05) is 28.7 Å². The van der Waals surface area contributed by atoms with Crippen LogP contribution >= 0.6 is 22.9 Å². The molecule has 4 N–H and O–H groups in total. The number of nitrogens with zero attached hydrogens (tertiary/aromatic N) is 1. The topological polar surface area (TPSA) is 87.5 Å². The summed E-state index contributed by atoms with van der Waals surface area (Å²) in [5, 5.41) is 6.82. The lowest BCUT2D eigenvalue weighted by Crippen LogP contribution is -2.50. The minimum absolute atomic E-state index is 0.405. The molecule has 1 aromatic heterocycles. The van der Waals surface area contributed by atoms with Crippen LogP contribution in [-0.4, -0.2) is 30.4 Å². The van der Waals surface area contributed by atoms with E-state index in [4.69, 9.17) is 17.3 Å². The van der Waals surface area contributed by atoms with Crippen LogP contribution < -0.4 is 16.4 Å². The Morgan fingerprint density at radius 1 is 1.08 bits per heavy atom. The van der Waals surface area contributed by atoms with Crippen molar-refractivity contribution >= 4 is 45.6 Å². The summed E-state index contributed by atoms with van der Waals surface area (Å²) in [5.41, 5.74) is 8.35. The summed E-state index contributed by atoms with van der Waals surface area (Å²) >= 11 is 7.42. The van der Waals surface area contributed by atoms with Crippen molar-refractivity contribution in [3.8, 4) is 0 Å². The van der Waals surface area contributed by atoms with Crippen LogP contribution in [0.4, 0.5) is 15.5 Å². The zero-order chi connectivity index (χ0) is 25.4. The Kier molecular flexibility index (Phi) is 7.34. The van der Waals surface area contributed by atoms with Gasteiger partial charge in [0.2, 0.25) is 0 Å². The maximum atomic E-state index is 12.7. The van der Waals surface area contributed by atoms with E-state index in [1.807, 2.05) is 0 Å². The molecular weight excluding hydrogens is 492 g/mol. The highest BCUT2D eigenvalue weighted by Crippen LogP contribution is 2.60. The van der Waals surface area contributed by atoms with Crippen molar-refractivity contribution in [2.24, 2.45) is 28.9 Å². The van der Waals surface area contributed by atoms with Crippen LogP contribution in [0.1, 0.15) is 72.7 Å². The first-order chi connectivity index (χ1) is 17.2. The van der Waals surface area contributed by atoms with E-state index in [1.54, 1.807) is 24.3 Å². The van der Waals surface area contributed by atoms with Gasteiger partial charge in [-0.25, -0.2) is 4.79 Å². The highest BCUT2D eigenvalue weighted by atomic mass is 35.5. The molecule has 0 radical (unpaired) electrons. The number of hydrogen-bond donors (Lipinski definition) is 3. The summed E-state index contributed by atoms with van der Waals surface area (Å²) in [6.45, 7) is 3.97. The van der Waals surface area contributed by atoms with Crippen molar-refractivity contribution in [3.05, 3.63) is 45.3 Å². The Balaban J connectivity index is 1.32. The number of anilines is 2. The lowest BCUT2D eigenvalue weighted by atomic mass is 9.49. The van der Waals surface area contributed by atoms with Gasteiger partial charge in [-0.3, -0.25) is 10.1 Å². The van der Waals surface area contributed by atoms with Crippen molar-refractivity contribution in [2.75, 3.05) is 24.2 Å². The van der Waals surface area contributed by atoms with Gasteiger partial charge >= 0.3 is 6.03 Å². The van der Waals surface area contributed by atoms with Crippen molar-refractivity contribution in [1.82, 2.24) is 4.90 Å². The Hall–Kier alpha value is -2.09. The number of hydrogen-bond acceptors (Lipinski definition) is 4. The molecule has 6 nitrogen and oxygen atoms in total. The Morgan fingerprint density at radius 2 is 1.69 bits per heavy atom. The number of nitrogens with two attached hydrogens (primary N) is 1. The van der Waals surface area contributed by atoms with Gasteiger partial charge < -0.3 is 16.0 Å². The predicted molar refractivity (Wildman–Crippen MR) is 148 cm³/mol. The standard InChI is InChI=1S/C28H37ClN4O2S/c1-3-4-22-23(15-33(2)16-28-12-17-9-18(13-28)11-19(10-17)14-28)36-26(24(22)25(30)34)32-27(35)31-21-7-5-20(29)6-8-21/h5-8,17-19H,3-4,9-16H2,1-2H3,(H2,30,34)(H2,31,32,35). The smallest absolute Gasteiger partial charge is 0.324 e. The first-order valence-electron chi connectivity index (χ1n) is 13.2. The van der Waals surface area contributed by atoms with Crippen LogP contribution in [0, 0.1) is 23.2 Å². The van der Waals surface area contributed by atoms with Gasteiger partial charge in [0.15, 0.2) is 0 Å². The molecule has 4 aliphatic rings. The van der Waals surface area contributed by atoms with E-state index in [0.29, 0.717) is 26.7 Å². The number of amides is 3. The van der Waals surface area contributed by atoms with Gasteiger partial charge in [0.05, 0.1) is 5.56 Å². The molecule has 4 bridgehead atoms. The van der Waals surface area contributed by atoms with Crippen LogP contribution in [0.25, 0.3) is 0 Å². The number of halogens is 1. The van der Waals surface area contributed by atoms with Gasteiger partial charge in [-0.15, -0.1) is 11.3 Å². The minimum atomic E-state index is -0.494. The fraction of sp³-hybridized carbons (Fsp3) is 0.571. The average molecular weight is 529 g/mol. The molecule has 2 aromatic rings. The lowest BCUT2D eigenvalue weighted by molar-refractivity contribution is -0.0669. The monoisotopic (exact) mass is 528 g/mol. The summed E-state index contributed by atoms with van der Waals surface area (Å²) in [5.74, 6) is 2.29. The molecule has 4 aliphatic carbocycles. The third kappa shape index (κ3) is 5.43. The number of urea groups is 1. The summed E-state index contributed by atoms with van der Waals surface area (Å²) in [6.07, 6.45) is 10.1. The molecule has 0 unspecified atom stereocenters. The molecule has 0 atom stereocenters. The van der Waals surface area contributed by atoms with Crippen LogP contribution in [0.15, 0.2) is 24.3 Å². The second kappa shape index (κ2) is 10.3. The van der Waals surface area contributed by atoms with Crippen LogP contribution in [-0.2, 0) is 13.0 Å². The van der Waals surface area contributed by atoms with Crippen molar-refractivity contribution in [1.29, 1.82) is 0 Å². The maximum absolute atomic E-state index is 12.7. The molecule has 1 aromatic carbocycles. The van der Waals surface area contributed by atoms with Crippen molar-refractivity contribution < 1.29 is 9.59 Å². The van der Waals surface area contributed by atoms with Gasteiger partial charge in [-0.05, 0) is 105 Å². The molecule has 1 heterocycles. The largest absolute Gasteiger partial charge is 0.365 e. The van der Waals surface area contributed by atoms with Crippen LogP contribution in [0.5, 0.6) is 0 Å². The SMILES string of the molecule is CCCc1c(CN(C)CC23CC4CC(CC(C4)C2)C3)sc(NC(=O)Nc2ccc(Cl)cc2)c1C(N)=O. The quantitative estimate of drug-likeness (QED) is 0.336. The fourth-order valence-electron chi connectivity index (χ4n) is 7.66. The van der Waals surface area contributed by atoms with Gasteiger partial charge in [-0.2, -0.15) is 0 Å². The third-order valence-electron chi connectivity index (χ3n) is 8.35. The van der Waals surface area contributed by atoms with Crippen LogP contribution in [0.3, 0.4) is 0 Å². The second-order valence-electron chi connectivity index (χ2n) is 11.5. The third-order valence-corrected chi connectivity index (χ3v) is 9.73.